The Balaban J connectivity index is 2.58. The Morgan fingerprint density at radius 2 is 2.56 bits per heavy atom. The van der Waals surface area contributed by atoms with E-state index in [0.717, 1.165) is 5.56 Å². The van der Waals surface area contributed by atoms with Crippen LogP contribution in [0.4, 0.5) is 0 Å². The van der Waals surface area contributed by atoms with Crippen molar-refractivity contribution < 1.29 is 9.21 Å². The van der Waals surface area contributed by atoms with E-state index in [1.54, 1.807) is 6.07 Å². The Kier molecular flexibility index (Phi) is 1.53. The molecule has 1 aromatic heterocycles. The third kappa shape index (κ3) is 1.60. The van der Waals surface area contributed by atoms with Crippen LogP contribution in [0.15, 0.2) is 23.0 Å². The maximum Gasteiger partial charge on any atom is 0.242 e. The average molecular weight is 124 g/mol. The summed E-state index contributed by atoms with van der Waals surface area (Å²) in [7, 11) is 0. The molecule has 1 amide bonds. The summed E-state index contributed by atoms with van der Waals surface area (Å²) in [5.74, 6) is -0.587. The zero-order valence-electron chi connectivity index (χ0n) is 4.76. The van der Waals surface area contributed by atoms with Crippen LogP contribution in [0.25, 0.3) is 0 Å². The van der Waals surface area contributed by atoms with Crippen molar-refractivity contribution in [2.45, 2.75) is 6.42 Å². The molecule has 3 heteroatoms. The number of furan rings is 1. The third-order valence-electron chi connectivity index (χ3n) is 0.945. The lowest BCUT2D eigenvalue weighted by Crippen LogP contribution is -2.00. The maximum atomic E-state index is 10.1. The molecular formula is C6H6NO2. The van der Waals surface area contributed by atoms with Crippen LogP contribution in [0.3, 0.4) is 0 Å². The van der Waals surface area contributed by atoms with Crippen molar-refractivity contribution in [3.63, 3.8) is 0 Å². The first-order valence-electron chi connectivity index (χ1n) is 2.54. The van der Waals surface area contributed by atoms with E-state index in [4.69, 9.17) is 5.73 Å². The molecule has 0 saturated carbocycles. The van der Waals surface area contributed by atoms with Gasteiger partial charge < -0.3 is 4.42 Å². The van der Waals surface area contributed by atoms with Gasteiger partial charge in [-0.2, -0.15) is 0 Å². The molecule has 0 spiro atoms. The molecule has 1 radical (unpaired) electrons. The van der Waals surface area contributed by atoms with E-state index in [1.807, 2.05) is 0 Å². The van der Waals surface area contributed by atoms with Crippen LogP contribution in [0.2, 0.25) is 0 Å². The van der Waals surface area contributed by atoms with Gasteiger partial charge in [0.25, 0.3) is 0 Å². The van der Waals surface area contributed by atoms with Crippen molar-refractivity contribution in [2.24, 2.45) is 0 Å². The van der Waals surface area contributed by atoms with Gasteiger partial charge in [-0.3, -0.25) is 10.5 Å². The monoisotopic (exact) mass is 124 g/mol. The molecule has 1 aromatic rings. The highest BCUT2D eigenvalue weighted by Crippen LogP contribution is 1.99. The van der Waals surface area contributed by atoms with Crippen LogP contribution >= 0.6 is 0 Å². The summed E-state index contributed by atoms with van der Waals surface area (Å²) < 4.78 is 4.68. The molecule has 9 heavy (non-hydrogen) atoms. The molecule has 0 saturated heterocycles. The molecule has 0 aliphatic rings. The second-order valence-electron chi connectivity index (χ2n) is 1.73. The Morgan fingerprint density at radius 3 is 3.00 bits per heavy atom. The Morgan fingerprint density at radius 1 is 1.78 bits per heavy atom. The van der Waals surface area contributed by atoms with Gasteiger partial charge in [0.15, 0.2) is 0 Å². The van der Waals surface area contributed by atoms with E-state index >= 15 is 0 Å². The van der Waals surface area contributed by atoms with Crippen LogP contribution in [0, 0.1) is 0 Å². The number of hydrogen-bond donors (Lipinski definition) is 0. The minimum Gasteiger partial charge on any atom is -0.472 e. The van der Waals surface area contributed by atoms with Gasteiger partial charge in [0.05, 0.1) is 18.9 Å². The first-order valence-corrected chi connectivity index (χ1v) is 2.54. The van der Waals surface area contributed by atoms with Crippen LogP contribution < -0.4 is 5.73 Å². The summed E-state index contributed by atoms with van der Waals surface area (Å²) in [5, 5.41) is 0. The van der Waals surface area contributed by atoms with E-state index in [2.05, 4.69) is 4.42 Å². The molecule has 0 aromatic carbocycles. The minimum absolute atomic E-state index is 0.149. The summed E-state index contributed by atoms with van der Waals surface area (Å²) in [4.78, 5) is 10.1. The molecule has 0 unspecified atom stereocenters. The Labute approximate surface area is 52.5 Å². The highest BCUT2D eigenvalue weighted by Gasteiger charge is 1.97. The molecule has 1 heterocycles. The molecule has 3 nitrogen and oxygen atoms in total. The van der Waals surface area contributed by atoms with Crippen molar-refractivity contribution in [3.05, 3.63) is 24.2 Å². The number of rotatable bonds is 2. The summed E-state index contributed by atoms with van der Waals surface area (Å²) in [5.41, 5.74) is 7.33. The fourth-order valence-corrected chi connectivity index (χ4v) is 0.579. The van der Waals surface area contributed by atoms with Gasteiger partial charge in [-0.05, 0) is 11.6 Å². The topological polar surface area (TPSA) is 54.0 Å². The Hall–Kier alpha value is -1.25. The quantitative estimate of drug-likeness (QED) is 0.580. The Bertz CT molecular complexity index is 191. The molecule has 0 bridgehead atoms. The minimum atomic E-state index is -0.587. The highest BCUT2D eigenvalue weighted by molar-refractivity contribution is 5.75. The van der Waals surface area contributed by atoms with Crippen LogP contribution in [0.5, 0.6) is 0 Å². The van der Waals surface area contributed by atoms with Crippen molar-refractivity contribution in [1.29, 1.82) is 0 Å². The average Bonchev–Trinajstić information content (AvgIpc) is 2.15. The van der Waals surface area contributed by atoms with Gasteiger partial charge >= 0.3 is 0 Å². The maximum absolute atomic E-state index is 10.1. The number of carbonyl (C=O) groups is 1. The van der Waals surface area contributed by atoms with E-state index in [-0.39, 0.29) is 6.42 Å². The van der Waals surface area contributed by atoms with Gasteiger partial charge in [0.1, 0.15) is 0 Å². The van der Waals surface area contributed by atoms with Crippen molar-refractivity contribution in [2.75, 3.05) is 0 Å². The number of hydrogen-bond acceptors (Lipinski definition) is 2. The van der Waals surface area contributed by atoms with E-state index in [0.29, 0.717) is 0 Å². The van der Waals surface area contributed by atoms with Crippen LogP contribution in [-0.4, -0.2) is 5.91 Å². The summed E-state index contributed by atoms with van der Waals surface area (Å²) in [6.45, 7) is 0. The second-order valence-corrected chi connectivity index (χ2v) is 1.73. The molecule has 0 aliphatic carbocycles. The zero-order chi connectivity index (χ0) is 6.69. The fraction of sp³-hybridized carbons (Fsp3) is 0.167. The molecule has 0 fully saturated rings. The lowest BCUT2D eigenvalue weighted by molar-refractivity contribution is -0.118. The molecular weight excluding hydrogens is 118 g/mol. The van der Waals surface area contributed by atoms with Gasteiger partial charge in [0, 0.05) is 0 Å². The summed E-state index contributed by atoms with van der Waals surface area (Å²) in [6, 6.07) is 1.67. The first-order chi connectivity index (χ1) is 4.29. The van der Waals surface area contributed by atoms with Gasteiger partial charge in [0.2, 0.25) is 5.91 Å². The molecule has 1 N–H and O–H groups in total. The molecule has 1 rings (SSSR count). The zero-order valence-corrected chi connectivity index (χ0v) is 4.76. The molecule has 0 aliphatic heterocycles. The molecule has 47 valence electrons. The predicted octanol–water partition coefficient (Wildman–Crippen LogP) is 0.632. The smallest absolute Gasteiger partial charge is 0.242 e. The van der Waals surface area contributed by atoms with E-state index < -0.39 is 5.91 Å². The SMILES string of the molecule is [NH]C(=O)Cc1ccoc1. The summed E-state index contributed by atoms with van der Waals surface area (Å²) in [6.07, 6.45) is 3.10. The van der Waals surface area contributed by atoms with Crippen molar-refractivity contribution >= 4 is 5.91 Å². The first kappa shape index (κ1) is 5.88. The predicted molar refractivity (Wildman–Crippen MR) is 30.5 cm³/mol. The number of carbonyl (C=O) groups excluding carboxylic acids is 1. The molecule has 0 atom stereocenters. The number of nitrogens with one attached hydrogen (secondary N) is 1. The van der Waals surface area contributed by atoms with Crippen molar-refractivity contribution in [3.8, 4) is 0 Å². The lowest BCUT2D eigenvalue weighted by atomic mass is 10.2. The van der Waals surface area contributed by atoms with Crippen LogP contribution in [0.1, 0.15) is 5.56 Å². The van der Waals surface area contributed by atoms with Gasteiger partial charge in [-0.15, -0.1) is 0 Å². The standard InChI is InChI=1S/C6H6NO2/c7-6(8)3-5-1-2-9-4-5/h1-2,4,7H,3H2. The van der Waals surface area contributed by atoms with E-state index in [9.17, 15) is 4.79 Å². The van der Waals surface area contributed by atoms with E-state index in [1.165, 1.54) is 12.5 Å². The van der Waals surface area contributed by atoms with Gasteiger partial charge in [-0.1, -0.05) is 0 Å². The second kappa shape index (κ2) is 2.35. The summed E-state index contributed by atoms with van der Waals surface area (Å²) >= 11 is 0. The lowest BCUT2D eigenvalue weighted by Gasteiger charge is -1.84. The fourth-order valence-electron chi connectivity index (χ4n) is 0.579. The third-order valence-corrected chi connectivity index (χ3v) is 0.945. The highest BCUT2D eigenvalue weighted by atomic mass is 16.3. The van der Waals surface area contributed by atoms with Crippen LogP contribution in [-0.2, 0) is 11.2 Å². The normalized spacial score (nSPS) is 9.33. The van der Waals surface area contributed by atoms with Gasteiger partial charge in [-0.25, -0.2) is 0 Å². The largest absolute Gasteiger partial charge is 0.472 e. The van der Waals surface area contributed by atoms with Crippen molar-refractivity contribution in [1.82, 2.24) is 5.73 Å². The number of amides is 1.